The van der Waals surface area contributed by atoms with Gasteiger partial charge in [-0.2, -0.15) is 0 Å². The van der Waals surface area contributed by atoms with Crippen molar-refractivity contribution >= 4 is 23.5 Å². The first-order chi connectivity index (χ1) is 9.53. The van der Waals surface area contributed by atoms with Crippen LogP contribution >= 0.6 is 11.6 Å². The molecule has 1 aromatic rings. The van der Waals surface area contributed by atoms with Gasteiger partial charge in [-0.1, -0.05) is 37.3 Å². The minimum Gasteiger partial charge on any atom is -0.480 e. The Morgan fingerprint density at radius 1 is 1.05 bits per heavy atom. The van der Waals surface area contributed by atoms with Gasteiger partial charge >= 0.3 is 5.97 Å². The third kappa shape index (κ3) is 3.31. The van der Waals surface area contributed by atoms with Crippen molar-refractivity contribution in [1.29, 1.82) is 0 Å². The monoisotopic (exact) mass is 295 g/mol. The molecule has 1 aliphatic rings. The molecule has 108 valence electrons. The SMILES string of the molecule is O=C(NC1(C(=O)O)CCCCCC1)c1ccc(Cl)cc1. The fraction of sp³-hybridized carbons (Fsp3) is 0.467. The van der Waals surface area contributed by atoms with E-state index in [1.807, 2.05) is 0 Å². The van der Waals surface area contributed by atoms with E-state index in [0.29, 0.717) is 23.4 Å². The maximum atomic E-state index is 12.2. The molecule has 0 atom stereocenters. The van der Waals surface area contributed by atoms with E-state index in [-0.39, 0.29) is 5.91 Å². The zero-order chi connectivity index (χ0) is 14.6. The third-order valence-corrected chi connectivity index (χ3v) is 4.08. The molecule has 1 aliphatic carbocycles. The van der Waals surface area contributed by atoms with Gasteiger partial charge < -0.3 is 10.4 Å². The predicted molar refractivity (Wildman–Crippen MR) is 77.0 cm³/mol. The summed E-state index contributed by atoms with van der Waals surface area (Å²) >= 11 is 5.78. The molecule has 4 nitrogen and oxygen atoms in total. The van der Waals surface area contributed by atoms with Gasteiger partial charge in [0.15, 0.2) is 0 Å². The number of carboxylic acid groups (broad SMARTS) is 1. The molecule has 1 fully saturated rings. The molecule has 0 saturated heterocycles. The summed E-state index contributed by atoms with van der Waals surface area (Å²) in [5.74, 6) is -1.30. The van der Waals surface area contributed by atoms with E-state index in [1.54, 1.807) is 24.3 Å². The quantitative estimate of drug-likeness (QED) is 0.841. The second kappa shape index (κ2) is 6.27. The molecule has 0 radical (unpaired) electrons. The Balaban J connectivity index is 2.17. The maximum absolute atomic E-state index is 12.2. The number of aliphatic carboxylic acids is 1. The van der Waals surface area contributed by atoms with Crippen molar-refractivity contribution in [2.24, 2.45) is 0 Å². The van der Waals surface area contributed by atoms with Crippen molar-refractivity contribution in [1.82, 2.24) is 5.32 Å². The fourth-order valence-corrected chi connectivity index (χ4v) is 2.74. The van der Waals surface area contributed by atoms with Crippen LogP contribution in [0, 0.1) is 0 Å². The van der Waals surface area contributed by atoms with Crippen LogP contribution in [0.2, 0.25) is 5.02 Å². The molecule has 0 spiro atoms. The third-order valence-electron chi connectivity index (χ3n) is 3.83. The van der Waals surface area contributed by atoms with Crippen molar-refractivity contribution < 1.29 is 14.7 Å². The van der Waals surface area contributed by atoms with E-state index in [4.69, 9.17) is 11.6 Å². The number of halogens is 1. The van der Waals surface area contributed by atoms with E-state index in [2.05, 4.69) is 5.32 Å². The Morgan fingerprint density at radius 2 is 1.60 bits per heavy atom. The van der Waals surface area contributed by atoms with Gasteiger partial charge in [0.1, 0.15) is 5.54 Å². The van der Waals surface area contributed by atoms with Gasteiger partial charge in [-0.25, -0.2) is 4.79 Å². The Hall–Kier alpha value is -1.55. The summed E-state index contributed by atoms with van der Waals surface area (Å²) in [4.78, 5) is 23.8. The molecule has 0 aliphatic heterocycles. The van der Waals surface area contributed by atoms with Gasteiger partial charge in [-0.05, 0) is 37.1 Å². The summed E-state index contributed by atoms with van der Waals surface area (Å²) in [6.07, 6.45) is 4.67. The lowest BCUT2D eigenvalue weighted by Crippen LogP contribution is -2.54. The standard InChI is InChI=1S/C15H18ClNO3/c16-12-7-5-11(6-8-12)13(18)17-15(14(19)20)9-3-1-2-4-10-15/h5-8H,1-4,9-10H2,(H,17,18)(H,19,20). The Kier molecular flexibility index (Phi) is 4.65. The Bertz CT molecular complexity index is 490. The molecule has 1 saturated carbocycles. The number of hydrogen-bond donors (Lipinski definition) is 2. The van der Waals surface area contributed by atoms with Gasteiger partial charge in [0.2, 0.25) is 0 Å². The number of carbonyl (C=O) groups is 2. The second-order valence-electron chi connectivity index (χ2n) is 5.26. The molecule has 2 N–H and O–H groups in total. The molecule has 1 amide bonds. The lowest BCUT2D eigenvalue weighted by atomic mass is 9.90. The number of benzene rings is 1. The summed E-state index contributed by atoms with van der Waals surface area (Å²) in [6.45, 7) is 0. The van der Waals surface area contributed by atoms with Crippen LogP contribution in [0.1, 0.15) is 48.9 Å². The Morgan fingerprint density at radius 3 is 2.10 bits per heavy atom. The largest absolute Gasteiger partial charge is 0.480 e. The lowest BCUT2D eigenvalue weighted by Gasteiger charge is -2.29. The number of carboxylic acids is 1. The molecule has 0 unspecified atom stereocenters. The van der Waals surface area contributed by atoms with E-state index in [0.717, 1.165) is 25.7 Å². The predicted octanol–water partition coefficient (Wildman–Crippen LogP) is 3.25. The first-order valence-corrected chi connectivity index (χ1v) is 7.23. The highest BCUT2D eigenvalue weighted by molar-refractivity contribution is 6.30. The van der Waals surface area contributed by atoms with E-state index in [9.17, 15) is 14.7 Å². The lowest BCUT2D eigenvalue weighted by molar-refractivity contribution is -0.145. The fourth-order valence-electron chi connectivity index (χ4n) is 2.62. The molecule has 2 rings (SSSR count). The summed E-state index contributed by atoms with van der Waals surface area (Å²) in [5.41, 5.74) is -0.702. The van der Waals surface area contributed by atoms with Crippen LogP contribution in [0.15, 0.2) is 24.3 Å². The van der Waals surface area contributed by atoms with Crippen LogP contribution in [0.3, 0.4) is 0 Å². The highest BCUT2D eigenvalue weighted by Crippen LogP contribution is 2.28. The highest BCUT2D eigenvalue weighted by atomic mass is 35.5. The normalized spacial score (nSPS) is 18.1. The minimum atomic E-state index is -1.13. The van der Waals surface area contributed by atoms with Crippen molar-refractivity contribution in [3.05, 3.63) is 34.9 Å². The van der Waals surface area contributed by atoms with Crippen molar-refractivity contribution in [2.75, 3.05) is 0 Å². The smallest absolute Gasteiger partial charge is 0.329 e. The number of amides is 1. The maximum Gasteiger partial charge on any atom is 0.329 e. The number of rotatable bonds is 3. The van der Waals surface area contributed by atoms with Crippen LogP contribution in [0.5, 0.6) is 0 Å². The summed E-state index contributed by atoms with van der Waals surface area (Å²) in [6, 6.07) is 6.45. The molecule has 5 heteroatoms. The molecule has 0 aromatic heterocycles. The van der Waals surface area contributed by atoms with Crippen LogP contribution in [-0.4, -0.2) is 22.5 Å². The molecule has 0 heterocycles. The van der Waals surface area contributed by atoms with Crippen molar-refractivity contribution in [3.8, 4) is 0 Å². The van der Waals surface area contributed by atoms with Gasteiger partial charge in [-0.15, -0.1) is 0 Å². The van der Waals surface area contributed by atoms with Crippen LogP contribution in [0.25, 0.3) is 0 Å². The van der Waals surface area contributed by atoms with E-state index < -0.39 is 11.5 Å². The van der Waals surface area contributed by atoms with Crippen LogP contribution < -0.4 is 5.32 Å². The van der Waals surface area contributed by atoms with Crippen LogP contribution in [0.4, 0.5) is 0 Å². The van der Waals surface area contributed by atoms with Gasteiger partial charge in [-0.3, -0.25) is 4.79 Å². The zero-order valence-corrected chi connectivity index (χ0v) is 11.9. The summed E-state index contributed by atoms with van der Waals surface area (Å²) in [7, 11) is 0. The number of nitrogens with one attached hydrogen (secondary N) is 1. The average molecular weight is 296 g/mol. The zero-order valence-electron chi connectivity index (χ0n) is 11.2. The highest BCUT2D eigenvalue weighted by Gasteiger charge is 2.40. The van der Waals surface area contributed by atoms with Crippen molar-refractivity contribution in [2.45, 2.75) is 44.1 Å². The summed E-state index contributed by atoms with van der Waals surface area (Å²) < 4.78 is 0. The number of hydrogen-bond acceptors (Lipinski definition) is 2. The Labute approximate surface area is 123 Å². The molecular formula is C15H18ClNO3. The topological polar surface area (TPSA) is 66.4 Å². The van der Waals surface area contributed by atoms with Gasteiger partial charge in [0, 0.05) is 10.6 Å². The molecule has 1 aromatic carbocycles. The van der Waals surface area contributed by atoms with Crippen LogP contribution in [-0.2, 0) is 4.79 Å². The average Bonchev–Trinajstić information content (AvgIpc) is 2.66. The molecule has 0 bridgehead atoms. The minimum absolute atomic E-state index is 0.356. The molecule has 20 heavy (non-hydrogen) atoms. The summed E-state index contributed by atoms with van der Waals surface area (Å²) in [5, 5.41) is 12.8. The first kappa shape index (κ1) is 14.9. The van der Waals surface area contributed by atoms with Gasteiger partial charge in [0.25, 0.3) is 5.91 Å². The van der Waals surface area contributed by atoms with E-state index in [1.165, 1.54) is 0 Å². The van der Waals surface area contributed by atoms with Gasteiger partial charge in [0.05, 0.1) is 0 Å². The molecular weight excluding hydrogens is 278 g/mol. The van der Waals surface area contributed by atoms with E-state index >= 15 is 0 Å². The van der Waals surface area contributed by atoms with Crippen molar-refractivity contribution in [3.63, 3.8) is 0 Å². The number of carbonyl (C=O) groups excluding carboxylic acids is 1. The first-order valence-electron chi connectivity index (χ1n) is 6.85. The second-order valence-corrected chi connectivity index (χ2v) is 5.70.